The molecule has 388 valence electrons. The first kappa shape index (κ1) is 51.8. The van der Waals surface area contributed by atoms with Crippen LogP contribution < -0.4 is 23.7 Å². The second-order valence-corrected chi connectivity index (χ2v) is 18.9. The van der Waals surface area contributed by atoms with Crippen LogP contribution in [0.25, 0.3) is 0 Å². The van der Waals surface area contributed by atoms with Crippen molar-refractivity contribution in [2.75, 3.05) is 33.7 Å². The number of aliphatic hydroxyl groups is 2. The first-order valence-corrected chi connectivity index (χ1v) is 25.1. The standard InChI is InChI=1S/C58H58N4O13/c1-3-26-72-58-54(61(57(66)40-15-10-37(32-59)11-16-40)33-39-14-21-52-53(27-39)71-36-70-52)31-49(60-73-35-38-12-17-43(18-13-38)62(67)68)47-29-41(8-4-6-24-63)46(9-5-7-25-64)55(56(47)58)48-30-45(20-23-51(48)75-58)74-44-19-22-50(69-2)42(28-44)34-65/h3,10-23,27-30,34,41,46,54-56,63-64H,1,4-9,24-26,31,33,35-36H2,2H3. The summed E-state index contributed by atoms with van der Waals surface area (Å²) >= 11 is 0. The molecule has 75 heavy (non-hydrogen) atoms. The van der Waals surface area contributed by atoms with Crippen LogP contribution >= 0.6 is 0 Å². The van der Waals surface area contributed by atoms with Gasteiger partial charge in [-0.25, -0.2) is 0 Å². The number of aldehydes is 1. The number of benzene rings is 5. The van der Waals surface area contributed by atoms with Crippen LogP contribution in [-0.2, 0) is 22.7 Å². The summed E-state index contributed by atoms with van der Waals surface area (Å²) in [6.07, 6.45) is 8.57. The molecule has 1 saturated carbocycles. The number of hydrogen-bond donors (Lipinski definition) is 2. The minimum absolute atomic E-state index is 0.00302. The number of nitro groups is 1. The van der Waals surface area contributed by atoms with Crippen LogP contribution in [-0.4, -0.2) is 83.5 Å². The third-order valence-electron chi connectivity index (χ3n) is 14.4. The zero-order valence-corrected chi connectivity index (χ0v) is 41.5. The summed E-state index contributed by atoms with van der Waals surface area (Å²) in [5, 5.41) is 46.4. The van der Waals surface area contributed by atoms with Crippen LogP contribution in [0.4, 0.5) is 5.69 Å². The number of aliphatic hydroxyl groups excluding tert-OH is 2. The van der Waals surface area contributed by atoms with E-state index in [9.17, 15) is 30.4 Å². The van der Waals surface area contributed by atoms with E-state index < -0.39 is 28.6 Å². The zero-order valence-electron chi connectivity index (χ0n) is 41.5. The number of fused-ring (bicyclic) bond motifs is 3. The number of hydrogen-bond acceptors (Lipinski definition) is 15. The molecule has 2 aliphatic heterocycles. The summed E-state index contributed by atoms with van der Waals surface area (Å²) in [6, 6.07) is 29.8. The average molecular weight is 1020 g/mol. The fourth-order valence-corrected chi connectivity index (χ4v) is 11.0. The largest absolute Gasteiger partial charge is 0.496 e. The van der Waals surface area contributed by atoms with Gasteiger partial charge in [0.05, 0.1) is 47.5 Å². The van der Waals surface area contributed by atoms with Crippen molar-refractivity contribution in [3.8, 4) is 40.6 Å². The van der Waals surface area contributed by atoms with Crippen LogP contribution in [0.5, 0.6) is 34.5 Å². The van der Waals surface area contributed by atoms with Crippen LogP contribution in [0, 0.1) is 39.2 Å². The van der Waals surface area contributed by atoms with Crippen LogP contribution in [0.15, 0.2) is 133 Å². The highest BCUT2D eigenvalue weighted by molar-refractivity contribution is 6.03. The number of nitrogens with zero attached hydrogens (tertiary/aromatic N) is 4. The maximum atomic E-state index is 15.6. The minimum atomic E-state index is -1.64. The van der Waals surface area contributed by atoms with E-state index in [0.717, 1.165) is 16.7 Å². The molecular formula is C58H58N4O13. The molecule has 17 heteroatoms. The molecular weight excluding hydrogens is 961 g/mol. The van der Waals surface area contributed by atoms with Gasteiger partial charge in [0.2, 0.25) is 12.6 Å². The Labute approximate surface area is 434 Å². The summed E-state index contributed by atoms with van der Waals surface area (Å²) in [5.41, 5.74) is 4.41. The molecule has 2 N–H and O–H groups in total. The molecule has 0 bridgehead atoms. The van der Waals surface area contributed by atoms with E-state index in [1.165, 1.54) is 19.2 Å². The number of carbonyl (C=O) groups excluding carboxylic acids is 2. The van der Waals surface area contributed by atoms with E-state index in [1.807, 2.05) is 24.3 Å². The highest BCUT2D eigenvalue weighted by Crippen LogP contribution is 2.62. The lowest BCUT2D eigenvalue weighted by Gasteiger charge is -2.60. The second-order valence-electron chi connectivity index (χ2n) is 18.9. The van der Waals surface area contributed by atoms with Crippen molar-refractivity contribution in [1.82, 2.24) is 4.90 Å². The molecule has 0 aromatic heterocycles. The molecule has 5 aromatic rings. The Bertz CT molecular complexity index is 3010. The molecule has 5 aromatic carbocycles. The van der Waals surface area contributed by atoms with Gasteiger partial charge in [-0.05, 0) is 139 Å². The third kappa shape index (κ3) is 11.0. The average Bonchev–Trinajstić information content (AvgIpc) is 3.94. The molecule has 9 rings (SSSR count). The van der Waals surface area contributed by atoms with E-state index in [4.69, 9.17) is 38.4 Å². The predicted octanol–water partition coefficient (Wildman–Crippen LogP) is 9.98. The third-order valence-corrected chi connectivity index (χ3v) is 14.4. The molecule has 4 aliphatic rings. The molecule has 0 saturated heterocycles. The summed E-state index contributed by atoms with van der Waals surface area (Å²) in [4.78, 5) is 46.7. The van der Waals surface area contributed by atoms with Crippen molar-refractivity contribution in [2.24, 2.45) is 22.9 Å². The first-order valence-electron chi connectivity index (χ1n) is 25.1. The van der Waals surface area contributed by atoms with Gasteiger partial charge in [0.1, 0.15) is 35.6 Å². The number of amides is 1. The Balaban J connectivity index is 1.26. The van der Waals surface area contributed by atoms with Crippen LogP contribution in [0.3, 0.4) is 0 Å². The molecule has 1 fully saturated rings. The van der Waals surface area contributed by atoms with Gasteiger partial charge >= 0.3 is 0 Å². The van der Waals surface area contributed by atoms with Gasteiger partial charge in [-0.3, -0.25) is 19.7 Å². The lowest BCUT2D eigenvalue weighted by atomic mass is 9.55. The van der Waals surface area contributed by atoms with Gasteiger partial charge in [0.25, 0.3) is 11.6 Å². The number of rotatable bonds is 23. The van der Waals surface area contributed by atoms with Gasteiger partial charge in [-0.2, -0.15) is 5.26 Å². The number of methoxy groups -OCH3 is 1. The van der Waals surface area contributed by atoms with Gasteiger partial charge in [0.15, 0.2) is 17.8 Å². The van der Waals surface area contributed by atoms with Gasteiger partial charge in [-0.15, -0.1) is 6.58 Å². The topological polar surface area (TPSA) is 222 Å². The molecule has 1 amide bonds. The summed E-state index contributed by atoms with van der Waals surface area (Å²) in [5.74, 6) is -0.481. The van der Waals surface area contributed by atoms with Crippen molar-refractivity contribution in [3.63, 3.8) is 0 Å². The Morgan fingerprint density at radius 1 is 0.920 bits per heavy atom. The van der Waals surface area contributed by atoms with Crippen molar-refractivity contribution < 1.29 is 58.0 Å². The number of nitro benzene ring substituents is 1. The highest BCUT2D eigenvalue weighted by atomic mass is 16.7. The SMILES string of the molecule is C=CCOC12Oc3ccc(Oc4ccc(OC)c(C=O)c4)cc3C3C(CCCCO)C(CCCCO)C=C(C(=NOCc4ccc([N+](=O)[O-])cc4)CC1N(Cc1ccc4c(c1)OCO4)C(=O)c1ccc(C#N)cc1)C32. The van der Waals surface area contributed by atoms with Crippen LogP contribution in [0.2, 0.25) is 0 Å². The lowest BCUT2D eigenvalue weighted by Crippen LogP contribution is -2.70. The fourth-order valence-electron chi connectivity index (χ4n) is 11.0. The first-order chi connectivity index (χ1) is 36.6. The van der Waals surface area contributed by atoms with Gasteiger partial charge in [-0.1, -0.05) is 36.2 Å². The van der Waals surface area contributed by atoms with Crippen LogP contribution in [0.1, 0.15) is 93.8 Å². The zero-order chi connectivity index (χ0) is 52.5. The number of nitriles is 1. The molecule has 0 radical (unpaired) electrons. The number of allylic oxidation sites excluding steroid dienone is 1. The molecule has 6 unspecified atom stereocenters. The minimum Gasteiger partial charge on any atom is -0.496 e. The monoisotopic (exact) mass is 1020 g/mol. The van der Waals surface area contributed by atoms with E-state index >= 15 is 4.79 Å². The Hall–Kier alpha value is -8.04. The Kier molecular flexibility index (Phi) is 16.2. The van der Waals surface area contributed by atoms with Crippen molar-refractivity contribution >= 4 is 23.6 Å². The smallest absolute Gasteiger partial charge is 0.269 e. The number of oxime groups is 1. The number of non-ortho nitro benzene ring substituents is 1. The summed E-state index contributed by atoms with van der Waals surface area (Å²) in [7, 11) is 1.49. The second kappa shape index (κ2) is 23.4. The Morgan fingerprint density at radius 2 is 1.64 bits per heavy atom. The summed E-state index contributed by atoms with van der Waals surface area (Å²) < 4.78 is 38.1. The number of ether oxygens (including phenoxy) is 6. The van der Waals surface area contributed by atoms with Crippen molar-refractivity contribution in [1.29, 1.82) is 5.26 Å². The molecule has 2 aliphatic carbocycles. The van der Waals surface area contributed by atoms with Gasteiger partial charge < -0.3 is 48.4 Å². The van der Waals surface area contributed by atoms with E-state index in [-0.39, 0.29) is 69.6 Å². The van der Waals surface area contributed by atoms with Crippen molar-refractivity contribution in [3.05, 3.63) is 171 Å². The fraction of sp³-hybridized carbons (Fsp3) is 0.345. The molecule has 0 spiro atoms. The van der Waals surface area contributed by atoms with Crippen molar-refractivity contribution in [2.45, 2.75) is 75.8 Å². The maximum Gasteiger partial charge on any atom is 0.269 e. The Morgan fingerprint density at radius 3 is 2.36 bits per heavy atom. The molecule has 17 nitrogen and oxygen atoms in total. The molecule has 2 heterocycles. The number of carbonyl (C=O) groups is 2. The maximum absolute atomic E-state index is 15.6. The van der Waals surface area contributed by atoms with Gasteiger partial charge in [0, 0.05) is 55.4 Å². The molecule has 6 atom stereocenters. The van der Waals surface area contributed by atoms with E-state index in [0.29, 0.717) is 107 Å². The predicted molar refractivity (Wildman–Crippen MR) is 275 cm³/mol. The summed E-state index contributed by atoms with van der Waals surface area (Å²) in [6.45, 7) is 4.15. The quantitative estimate of drug-likeness (QED) is 0.0204. The number of unbranched alkanes of at least 4 members (excludes halogenated alkanes) is 2. The van der Waals surface area contributed by atoms with E-state index in [1.54, 1.807) is 77.7 Å². The highest BCUT2D eigenvalue weighted by Gasteiger charge is 2.65. The lowest BCUT2D eigenvalue weighted by molar-refractivity contribution is -0.384. The normalized spacial score (nSPS) is 21.3. The van der Waals surface area contributed by atoms with E-state index in [2.05, 4.69) is 18.7 Å².